The zero-order valence-corrected chi connectivity index (χ0v) is 8.94. The first-order chi connectivity index (χ1) is 7.20. The van der Waals surface area contributed by atoms with Crippen LogP contribution in [0.1, 0.15) is 24.2 Å². The van der Waals surface area contributed by atoms with Gasteiger partial charge in [0.05, 0.1) is 6.61 Å². The van der Waals surface area contributed by atoms with Gasteiger partial charge in [-0.3, -0.25) is 0 Å². The second-order valence-electron chi connectivity index (χ2n) is 4.03. The second-order valence-corrected chi connectivity index (χ2v) is 4.03. The van der Waals surface area contributed by atoms with Crippen LogP contribution in [-0.4, -0.2) is 17.8 Å². The summed E-state index contributed by atoms with van der Waals surface area (Å²) in [6.45, 7) is 6.27. The molecule has 0 fully saturated rings. The summed E-state index contributed by atoms with van der Waals surface area (Å²) in [4.78, 5) is 0. The Hall–Kier alpha value is -1.12. The van der Waals surface area contributed by atoms with Crippen LogP contribution in [0.5, 0.6) is 0 Å². The first kappa shape index (κ1) is 10.4. The van der Waals surface area contributed by atoms with Gasteiger partial charge in [0.25, 0.3) is 0 Å². The summed E-state index contributed by atoms with van der Waals surface area (Å²) >= 11 is 0. The molecular formula is C13H16O2. The number of aliphatic hydroxyl groups is 1. The van der Waals surface area contributed by atoms with E-state index in [1.54, 1.807) is 0 Å². The fourth-order valence-electron chi connectivity index (χ4n) is 1.94. The van der Waals surface area contributed by atoms with Crippen molar-refractivity contribution >= 4 is 0 Å². The molecule has 0 aromatic heterocycles. The van der Waals surface area contributed by atoms with Gasteiger partial charge in [0.2, 0.25) is 0 Å². The predicted molar refractivity (Wildman–Crippen MR) is 59.7 cm³/mol. The average Bonchev–Trinajstić information content (AvgIpc) is 2.27. The van der Waals surface area contributed by atoms with E-state index < -0.39 is 6.10 Å². The van der Waals surface area contributed by atoms with Crippen molar-refractivity contribution in [2.24, 2.45) is 0 Å². The molecule has 0 saturated carbocycles. The SMILES string of the molecule is C=C(C)C(O)C1OCCc2ccccc21. The average molecular weight is 204 g/mol. The van der Waals surface area contributed by atoms with E-state index in [0.717, 1.165) is 17.6 Å². The zero-order valence-electron chi connectivity index (χ0n) is 8.94. The van der Waals surface area contributed by atoms with Gasteiger partial charge >= 0.3 is 0 Å². The van der Waals surface area contributed by atoms with E-state index in [9.17, 15) is 5.11 Å². The number of hydrogen-bond acceptors (Lipinski definition) is 2. The molecule has 2 nitrogen and oxygen atoms in total. The van der Waals surface area contributed by atoms with Crippen LogP contribution in [0.15, 0.2) is 36.4 Å². The summed E-state index contributed by atoms with van der Waals surface area (Å²) < 4.78 is 5.62. The van der Waals surface area contributed by atoms with E-state index in [1.807, 2.05) is 25.1 Å². The van der Waals surface area contributed by atoms with Gasteiger partial charge in [-0.25, -0.2) is 0 Å². The molecule has 0 radical (unpaired) electrons. The maximum atomic E-state index is 9.97. The molecule has 2 heteroatoms. The second kappa shape index (κ2) is 4.17. The van der Waals surface area contributed by atoms with Gasteiger partial charge in [-0.1, -0.05) is 30.8 Å². The molecule has 0 saturated heterocycles. The molecular weight excluding hydrogens is 188 g/mol. The number of fused-ring (bicyclic) bond motifs is 1. The maximum Gasteiger partial charge on any atom is 0.112 e. The van der Waals surface area contributed by atoms with Crippen molar-refractivity contribution in [3.05, 3.63) is 47.5 Å². The summed E-state index contributed by atoms with van der Waals surface area (Å²) in [5.41, 5.74) is 3.12. The van der Waals surface area contributed by atoms with Crippen molar-refractivity contribution in [1.29, 1.82) is 0 Å². The van der Waals surface area contributed by atoms with E-state index in [0.29, 0.717) is 6.61 Å². The van der Waals surface area contributed by atoms with Gasteiger partial charge in [-0.15, -0.1) is 0 Å². The van der Waals surface area contributed by atoms with Gasteiger partial charge < -0.3 is 9.84 Å². The van der Waals surface area contributed by atoms with E-state index in [-0.39, 0.29) is 6.10 Å². The van der Waals surface area contributed by atoms with Crippen LogP contribution < -0.4 is 0 Å². The lowest BCUT2D eigenvalue weighted by molar-refractivity contribution is -0.0312. The molecule has 1 heterocycles. The Morgan fingerprint density at radius 3 is 3.00 bits per heavy atom. The number of aliphatic hydroxyl groups excluding tert-OH is 1. The first-order valence-corrected chi connectivity index (χ1v) is 5.23. The summed E-state index contributed by atoms with van der Waals surface area (Å²) in [5.74, 6) is 0. The number of benzene rings is 1. The Kier molecular flexibility index (Phi) is 2.89. The van der Waals surface area contributed by atoms with Crippen LogP contribution in [0.3, 0.4) is 0 Å². The molecule has 15 heavy (non-hydrogen) atoms. The molecule has 2 unspecified atom stereocenters. The summed E-state index contributed by atoms with van der Waals surface area (Å²) in [5, 5.41) is 9.97. The highest BCUT2D eigenvalue weighted by atomic mass is 16.5. The molecule has 0 bridgehead atoms. The van der Waals surface area contributed by atoms with Crippen LogP contribution in [0.25, 0.3) is 0 Å². The molecule has 1 aromatic rings. The molecule has 80 valence electrons. The monoisotopic (exact) mass is 204 g/mol. The minimum Gasteiger partial charge on any atom is -0.386 e. The number of rotatable bonds is 2. The highest BCUT2D eigenvalue weighted by Gasteiger charge is 2.27. The van der Waals surface area contributed by atoms with Gasteiger partial charge in [0.1, 0.15) is 12.2 Å². The number of hydrogen-bond donors (Lipinski definition) is 1. The number of ether oxygens (including phenoxy) is 1. The normalized spacial score (nSPS) is 21.9. The third-order valence-electron chi connectivity index (χ3n) is 2.82. The Labute approximate surface area is 90.2 Å². The standard InChI is InChI=1S/C13H16O2/c1-9(2)12(14)13-11-6-4-3-5-10(11)7-8-15-13/h3-6,12-14H,1,7-8H2,2H3. The molecule has 2 atom stereocenters. The zero-order chi connectivity index (χ0) is 10.8. The quantitative estimate of drug-likeness (QED) is 0.749. The molecule has 0 spiro atoms. The van der Waals surface area contributed by atoms with E-state index in [2.05, 4.69) is 12.6 Å². The van der Waals surface area contributed by atoms with Crippen LogP contribution in [0.2, 0.25) is 0 Å². The predicted octanol–water partition coefficient (Wildman–Crippen LogP) is 2.24. The lowest BCUT2D eigenvalue weighted by Crippen LogP contribution is -2.27. The largest absolute Gasteiger partial charge is 0.386 e. The fraction of sp³-hybridized carbons (Fsp3) is 0.385. The smallest absolute Gasteiger partial charge is 0.112 e. The van der Waals surface area contributed by atoms with Crippen LogP contribution in [-0.2, 0) is 11.2 Å². The van der Waals surface area contributed by atoms with Crippen molar-refractivity contribution in [3.8, 4) is 0 Å². The Morgan fingerprint density at radius 1 is 1.53 bits per heavy atom. The van der Waals surface area contributed by atoms with E-state index in [1.165, 1.54) is 5.56 Å². The Morgan fingerprint density at radius 2 is 2.27 bits per heavy atom. The fourth-order valence-corrected chi connectivity index (χ4v) is 1.94. The van der Waals surface area contributed by atoms with E-state index >= 15 is 0 Å². The minimum atomic E-state index is -0.605. The van der Waals surface area contributed by atoms with Crippen LogP contribution in [0, 0.1) is 0 Å². The maximum absolute atomic E-state index is 9.97. The van der Waals surface area contributed by atoms with Crippen LogP contribution in [0.4, 0.5) is 0 Å². The lowest BCUT2D eigenvalue weighted by Gasteiger charge is -2.29. The van der Waals surface area contributed by atoms with Gasteiger partial charge in [0, 0.05) is 0 Å². The molecule has 1 aliphatic heterocycles. The van der Waals surface area contributed by atoms with Crippen molar-refractivity contribution in [3.63, 3.8) is 0 Å². The summed E-state index contributed by atoms with van der Waals surface area (Å²) in [6, 6.07) is 8.11. The van der Waals surface area contributed by atoms with Crippen molar-refractivity contribution in [2.75, 3.05) is 6.61 Å². The third kappa shape index (κ3) is 1.96. The highest BCUT2D eigenvalue weighted by molar-refractivity contribution is 5.32. The Balaban J connectivity index is 2.33. The molecule has 1 N–H and O–H groups in total. The van der Waals surface area contributed by atoms with Crippen molar-refractivity contribution in [1.82, 2.24) is 0 Å². The van der Waals surface area contributed by atoms with Crippen LogP contribution >= 0.6 is 0 Å². The van der Waals surface area contributed by atoms with Crippen molar-refractivity contribution < 1.29 is 9.84 Å². The topological polar surface area (TPSA) is 29.5 Å². The first-order valence-electron chi connectivity index (χ1n) is 5.23. The lowest BCUT2D eigenvalue weighted by atomic mass is 9.92. The molecule has 1 aromatic carbocycles. The molecule has 0 aliphatic carbocycles. The molecule has 2 rings (SSSR count). The minimum absolute atomic E-state index is 0.243. The summed E-state index contributed by atoms with van der Waals surface area (Å²) in [6.07, 6.45) is 0.0779. The highest BCUT2D eigenvalue weighted by Crippen LogP contribution is 2.31. The van der Waals surface area contributed by atoms with Gasteiger partial charge in [-0.2, -0.15) is 0 Å². The Bertz CT molecular complexity index is 371. The molecule has 0 amide bonds. The van der Waals surface area contributed by atoms with Gasteiger partial charge in [-0.05, 0) is 30.0 Å². The molecule has 1 aliphatic rings. The summed E-state index contributed by atoms with van der Waals surface area (Å²) in [7, 11) is 0. The third-order valence-corrected chi connectivity index (χ3v) is 2.82. The van der Waals surface area contributed by atoms with E-state index in [4.69, 9.17) is 4.74 Å². The van der Waals surface area contributed by atoms with Crippen molar-refractivity contribution in [2.45, 2.75) is 25.6 Å². The van der Waals surface area contributed by atoms with Gasteiger partial charge in [0.15, 0.2) is 0 Å².